The summed E-state index contributed by atoms with van der Waals surface area (Å²) in [4.78, 5) is 15.9. The van der Waals surface area contributed by atoms with Gasteiger partial charge in [0.25, 0.3) is 0 Å². The van der Waals surface area contributed by atoms with Crippen LogP contribution in [0.15, 0.2) is 4.34 Å². The molecule has 0 radical (unpaired) electrons. The number of carboxylic acid groups (broad SMARTS) is 1. The molecule has 0 aliphatic rings. The van der Waals surface area contributed by atoms with Crippen LogP contribution in [0.4, 0.5) is 0 Å². The first-order valence-corrected chi connectivity index (χ1v) is 8.05. The number of rotatable bonds is 5. The van der Waals surface area contributed by atoms with Crippen LogP contribution in [0.1, 0.15) is 21.8 Å². The SMILES string of the molecule is Cc1nc(SCc2c(C)nn(C)c2Cl)sc1CC(=O)O. The van der Waals surface area contributed by atoms with E-state index in [1.807, 2.05) is 20.9 Å². The highest BCUT2D eigenvalue weighted by atomic mass is 35.5. The molecule has 0 fully saturated rings. The fraction of sp³-hybridized carbons (Fsp3) is 0.417. The van der Waals surface area contributed by atoms with Gasteiger partial charge >= 0.3 is 5.97 Å². The third-order valence-corrected chi connectivity index (χ3v) is 5.59. The van der Waals surface area contributed by atoms with Gasteiger partial charge in [-0.1, -0.05) is 23.4 Å². The van der Waals surface area contributed by atoms with Crippen LogP contribution >= 0.6 is 34.7 Å². The average molecular weight is 332 g/mol. The molecular formula is C12H14ClN3O2S2. The van der Waals surface area contributed by atoms with Crippen molar-refractivity contribution in [1.82, 2.24) is 14.8 Å². The summed E-state index contributed by atoms with van der Waals surface area (Å²) in [7, 11) is 1.81. The van der Waals surface area contributed by atoms with E-state index in [-0.39, 0.29) is 6.42 Å². The minimum Gasteiger partial charge on any atom is -0.481 e. The molecule has 108 valence electrons. The Morgan fingerprint density at radius 3 is 2.70 bits per heavy atom. The number of hydrogen-bond donors (Lipinski definition) is 1. The summed E-state index contributed by atoms with van der Waals surface area (Å²) in [5.41, 5.74) is 2.68. The second-order valence-electron chi connectivity index (χ2n) is 4.33. The van der Waals surface area contributed by atoms with Crippen LogP contribution in [-0.2, 0) is 24.0 Å². The fourth-order valence-electron chi connectivity index (χ4n) is 1.74. The molecular weight excluding hydrogens is 318 g/mol. The number of halogens is 1. The molecule has 20 heavy (non-hydrogen) atoms. The Labute approximate surface area is 130 Å². The van der Waals surface area contributed by atoms with E-state index >= 15 is 0 Å². The first-order chi connectivity index (χ1) is 9.38. The van der Waals surface area contributed by atoms with Crippen molar-refractivity contribution in [2.24, 2.45) is 7.05 Å². The van der Waals surface area contributed by atoms with Gasteiger partial charge in [0.1, 0.15) is 5.15 Å². The molecule has 0 saturated heterocycles. The van der Waals surface area contributed by atoms with Gasteiger partial charge in [0.2, 0.25) is 0 Å². The lowest BCUT2D eigenvalue weighted by Crippen LogP contribution is -1.99. The minimum absolute atomic E-state index is 0.0245. The van der Waals surface area contributed by atoms with E-state index in [1.165, 1.54) is 11.3 Å². The van der Waals surface area contributed by atoms with Crippen molar-refractivity contribution in [3.8, 4) is 0 Å². The zero-order valence-corrected chi connectivity index (χ0v) is 13.7. The summed E-state index contributed by atoms with van der Waals surface area (Å²) in [5.74, 6) is -0.155. The monoisotopic (exact) mass is 331 g/mol. The number of thiazole rings is 1. The normalized spacial score (nSPS) is 11.0. The lowest BCUT2D eigenvalue weighted by molar-refractivity contribution is -0.136. The first kappa shape index (κ1) is 15.3. The van der Waals surface area contributed by atoms with E-state index in [9.17, 15) is 4.79 Å². The van der Waals surface area contributed by atoms with Gasteiger partial charge in [0.05, 0.1) is 17.8 Å². The van der Waals surface area contributed by atoms with Gasteiger partial charge in [-0.05, 0) is 13.8 Å². The largest absolute Gasteiger partial charge is 0.481 e. The van der Waals surface area contributed by atoms with Crippen molar-refractivity contribution in [3.63, 3.8) is 0 Å². The second kappa shape index (κ2) is 6.15. The summed E-state index contributed by atoms with van der Waals surface area (Å²) in [6, 6.07) is 0. The molecule has 5 nitrogen and oxygen atoms in total. The number of thioether (sulfide) groups is 1. The van der Waals surface area contributed by atoms with Gasteiger partial charge in [0, 0.05) is 23.2 Å². The van der Waals surface area contributed by atoms with E-state index in [0.29, 0.717) is 10.9 Å². The Kier molecular flexibility index (Phi) is 4.72. The number of aromatic nitrogens is 3. The van der Waals surface area contributed by atoms with E-state index < -0.39 is 5.97 Å². The highest BCUT2D eigenvalue weighted by molar-refractivity contribution is 8.00. The Morgan fingerprint density at radius 2 is 2.15 bits per heavy atom. The summed E-state index contributed by atoms with van der Waals surface area (Å²) in [6.45, 7) is 3.76. The van der Waals surface area contributed by atoms with Gasteiger partial charge in [-0.2, -0.15) is 5.10 Å². The number of aryl methyl sites for hydroxylation is 3. The summed E-state index contributed by atoms with van der Waals surface area (Å²) in [5, 5.41) is 13.7. The molecule has 0 aromatic carbocycles. The molecule has 0 atom stereocenters. The number of hydrogen-bond acceptors (Lipinski definition) is 5. The van der Waals surface area contributed by atoms with Crippen LogP contribution in [-0.4, -0.2) is 25.8 Å². The molecule has 8 heteroatoms. The van der Waals surface area contributed by atoms with Crippen LogP contribution in [0.3, 0.4) is 0 Å². The van der Waals surface area contributed by atoms with Crippen molar-refractivity contribution >= 4 is 40.7 Å². The average Bonchev–Trinajstić information content (AvgIpc) is 2.79. The van der Waals surface area contributed by atoms with Gasteiger partial charge in [-0.15, -0.1) is 11.3 Å². The molecule has 0 amide bonds. The van der Waals surface area contributed by atoms with E-state index in [2.05, 4.69) is 10.1 Å². The lowest BCUT2D eigenvalue weighted by atomic mass is 10.3. The molecule has 0 bridgehead atoms. The van der Waals surface area contributed by atoms with E-state index in [0.717, 1.165) is 26.2 Å². The predicted molar refractivity (Wildman–Crippen MR) is 80.7 cm³/mol. The highest BCUT2D eigenvalue weighted by Crippen LogP contribution is 2.32. The Balaban J connectivity index is 2.09. The van der Waals surface area contributed by atoms with Gasteiger partial charge in [-0.3, -0.25) is 9.48 Å². The smallest absolute Gasteiger partial charge is 0.308 e. The standard InChI is InChI=1S/C12H14ClN3O2S2/c1-6-8(11(13)16(3)15-6)5-19-12-14-7(2)9(20-12)4-10(17)18/h4-5H2,1-3H3,(H,17,18). The van der Waals surface area contributed by atoms with Gasteiger partial charge in [-0.25, -0.2) is 4.98 Å². The molecule has 0 aliphatic heterocycles. The molecule has 0 aliphatic carbocycles. The predicted octanol–water partition coefficient (Wildman–Crippen LogP) is 3.07. The molecule has 0 saturated carbocycles. The Bertz CT molecular complexity index is 651. The van der Waals surface area contributed by atoms with Crippen LogP contribution < -0.4 is 0 Å². The number of carboxylic acids is 1. The maximum absolute atomic E-state index is 10.7. The van der Waals surface area contributed by atoms with Crippen LogP contribution in [0.25, 0.3) is 0 Å². The molecule has 0 unspecified atom stereocenters. The van der Waals surface area contributed by atoms with Gasteiger partial charge in [0.15, 0.2) is 4.34 Å². The second-order valence-corrected chi connectivity index (χ2v) is 6.99. The van der Waals surface area contributed by atoms with E-state index in [4.69, 9.17) is 16.7 Å². The van der Waals surface area contributed by atoms with Crippen molar-refractivity contribution in [1.29, 1.82) is 0 Å². The molecule has 2 aromatic rings. The van der Waals surface area contributed by atoms with Gasteiger partial charge < -0.3 is 5.11 Å². The summed E-state index contributed by atoms with van der Waals surface area (Å²) >= 11 is 9.16. The van der Waals surface area contributed by atoms with Crippen molar-refractivity contribution in [2.75, 3.05) is 0 Å². The molecule has 0 spiro atoms. The molecule has 1 N–H and O–H groups in total. The third-order valence-electron chi connectivity index (χ3n) is 2.79. The zero-order chi connectivity index (χ0) is 14.9. The Hall–Kier alpha value is -1.05. The molecule has 2 heterocycles. The van der Waals surface area contributed by atoms with Crippen molar-refractivity contribution < 1.29 is 9.90 Å². The molecule has 2 rings (SSSR count). The quantitative estimate of drug-likeness (QED) is 0.853. The fourth-order valence-corrected chi connectivity index (χ4v) is 4.37. The van der Waals surface area contributed by atoms with Crippen LogP contribution in [0.5, 0.6) is 0 Å². The van der Waals surface area contributed by atoms with Crippen molar-refractivity contribution in [2.45, 2.75) is 30.4 Å². The zero-order valence-electron chi connectivity index (χ0n) is 11.3. The minimum atomic E-state index is -0.834. The van der Waals surface area contributed by atoms with E-state index in [1.54, 1.807) is 16.4 Å². The first-order valence-electron chi connectivity index (χ1n) is 5.87. The Morgan fingerprint density at radius 1 is 1.45 bits per heavy atom. The van der Waals surface area contributed by atoms with Crippen LogP contribution in [0.2, 0.25) is 5.15 Å². The lowest BCUT2D eigenvalue weighted by Gasteiger charge is -1.98. The number of carbonyl (C=O) groups is 1. The third kappa shape index (κ3) is 3.34. The maximum atomic E-state index is 10.7. The maximum Gasteiger partial charge on any atom is 0.308 e. The number of nitrogens with zero attached hydrogens (tertiary/aromatic N) is 3. The van der Waals surface area contributed by atoms with Crippen LogP contribution in [0, 0.1) is 13.8 Å². The number of aliphatic carboxylic acids is 1. The summed E-state index contributed by atoms with van der Waals surface area (Å²) in [6.07, 6.45) is 0.0245. The molecule has 2 aromatic heterocycles. The topological polar surface area (TPSA) is 68.0 Å². The van der Waals surface area contributed by atoms with Crippen molar-refractivity contribution in [3.05, 3.63) is 27.0 Å². The highest BCUT2D eigenvalue weighted by Gasteiger charge is 2.15. The summed E-state index contributed by atoms with van der Waals surface area (Å²) < 4.78 is 2.51.